The fourth-order valence-corrected chi connectivity index (χ4v) is 2.80. The van der Waals surface area contributed by atoms with Crippen LogP contribution in [-0.2, 0) is 9.53 Å². The molecule has 1 fully saturated rings. The van der Waals surface area contributed by atoms with E-state index < -0.39 is 0 Å². The number of pyridine rings is 2. The van der Waals surface area contributed by atoms with Crippen molar-refractivity contribution in [3.8, 4) is 0 Å². The number of amides is 1. The molecule has 3 heterocycles. The first kappa shape index (κ1) is 16.4. The Hall–Kier alpha value is -2.47. The molecule has 24 heavy (non-hydrogen) atoms. The molecule has 0 bridgehead atoms. The van der Waals surface area contributed by atoms with Gasteiger partial charge in [-0.25, -0.2) is 4.98 Å². The van der Waals surface area contributed by atoms with Gasteiger partial charge < -0.3 is 15.0 Å². The average Bonchev–Trinajstić information content (AvgIpc) is 2.56. The van der Waals surface area contributed by atoms with E-state index in [-0.39, 0.29) is 12.0 Å². The number of aromatic nitrogens is 2. The highest BCUT2D eigenvalue weighted by Gasteiger charge is 2.25. The van der Waals surface area contributed by atoms with Crippen LogP contribution in [-0.4, -0.2) is 40.5 Å². The number of carbonyl (C=O) groups is 1. The number of nitrogens with zero attached hydrogens (tertiary/aromatic N) is 3. The lowest BCUT2D eigenvalue weighted by Crippen LogP contribution is -2.41. The van der Waals surface area contributed by atoms with E-state index >= 15 is 0 Å². The molecule has 6 heteroatoms. The van der Waals surface area contributed by atoms with Gasteiger partial charge in [-0.15, -0.1) is 0 Å². The van der Waals surface area contributed by atoms with E-state index in [4.69, 9.17) is 4.74 Å². The summed E-state index contributed by atoms with van der Waals surface area (Å²) in [5.41, 5.74) is 3.72. The fraction of sp³-hybridized carbons (Fsp3) is 0.389. The molecule has 0 spiro atoms. The number of ether oxygens (including phenoxy) is 1. The van der Waals surface area contributed by atoms with Gasteiger partial charge in [0.05, 0.1) is 18.8 Å². The summed E-state index contributed by atoms with van der Waals surface area (Å²) in [7, 11) is 0. The van der Waals surface area contributed by atoms with Crippen molar-refractivity contribution >= 4 is 17.4 Å². The Balaban J connectivity index is 1.84. The number of morpholine rings is 1. The van der Waals surface area contributed by atoms with Crippen molar-refractivity contribution in [1.29, 1.82) is 0 Å². The van der Waals surface area contributed by atoms with Crippen molar-refractivity contribution in [3.05, 3.63) is 47.4 Å². The Bertz CT molecular complexity index is 748. The summed E-state index contributed by atoms with van der Waals surface area (Å²) >= 11 is 0. The zero-order chi connectivity index (χ0) is 17.1. The summed E-state index contributed by atoms with van der Waals surface area (Å²) < 4.78 is 5.83. The summed E-state index contributed by atoms with van der Waals surface area (Å²) in [6, 6.07) is 7.87. The zero-order valence-corrected chi connectivity index (χ0v) is 14.2. The molecular formula is C18H22N4O2. The first-order valence-corrected chi connectivity index (χ1v) is 8.07. The van der Waals surface area contributed by atoms with E-state index in [1.165, 1.54) is 0 Å². The minimum atomic E-state index is -0.201. The smallest absolute Gasteiger partial charge is 0.219 e. The molecule has 0 radical (unpaired) electrons. The molecule has 6 nitrogen and oxygen atoms in total. The lowest BCUT2D eigenvalue weighted by atomic mass is 10.1. The van der Waals surface area contributed by atoms with Crippen molar-refractivity contribution < 1.29 is 9.53 Å². The van der Waals surface area contributed by atoms with E-state index in [0.717, 1.165) is 28.5 Å². The van der Waals surface area contributed by atoms with Gasteiger partial charge in [0.15, 0.2) is 0 Å². The highest BCUT2D eigenvalue weighted by Crippen LogP contribution is 2.25. The number of nitrogens with one attached hydrogen (secondary N) is 1. The summed E-state index contributed by atoms with van der Waals surface area (Å²) in [6.45, 7) is 7.25. The Labute approximate surface area is 141 Å². The molecule has 0 unspecified atom stereocenters. The van der Waals surface area contributed by atoms with Crippen molar-refractivity contribution in [2.24, 2.45) is 0 Å². The Morgan fingerprint density at radius 1 is 1.38 bits per heavy atom. The first-order valence-electron chi connectivity index (χ1n) is 8.07. The summed E-state index contributed by atoms with van der Waals surface area (Å²) in [5, 5.41) is 3.34. The molecule has 2 aromatic heterocycles. The number of hydrogen-bond donors (Lipinski definition) is 1. The van der Waals surface area contributed by atoms with Crippen LogP contribution < -0.4 is 5.32 Å². The standard InChI is InChI=1S/C18H22N4O2/c1-12-5-4-6-19-18(12)21-15-9-13(2)20-16(10-15)17-11-22(14(3)23)7-8-24-17/h4-6,9-10,17H,7-8,11H2,1-3H3,(H,19,20,21)/t17-/m1/s1. The number of anilines is 2. The summed E-state index contributed by atoms with van der Waals surface area (Å²) in [4.78, 5) is 22.4. The second kappa shape index (κ2) is 6.97. The van der Waals surface area contributed by atoms with Gasteiger partial charge in [-0.05, 0) is 37.6 Å². The van der Waals surface area contributed by atoms with Gasteiger partial charge in [0.1, 0.15) is 11.9 Å². The highest BCUT2D eigenvalue weighted by molar-refractivity contribution is 5.73. The molecule has 3 rings (SSSR count). The van der Waals surface area contributed by atoms with E-state index in [0.29, 0.717) is 19.7 Å². The van der Waals surface area contributed by atoms with Crippen LogP contribution >= 0.6 is 0 Å². The molecule has 0 saturated carbocycles. The molecule has 1 aliphatic heterocycles. The van der Waals surface area contributed by atoms with Crippen molar-refractivity contribution in [2.75, 3.05) is 25.0 Å². The highest BCUT2D eigenvalue weighted by atomic mass is 16.5. The molecule has 1 saturated heterocycles. The van der Waals surface area contributed by atoms with Gasteiger partial charge in [-0.2, -0.15) is 0 Å². The lowest BCUT2D eigenvalue weighted by molar-refractivity contribution is -0.136. The van der Waals surface area contributed by atoms with Crippen molar-refractivity contribution in [3.63, 3.8) is 0 Å². The molecular weight excluding hydrogens is 304 g/mol. The third kappa shape index (κ3) is 3.71. The second-order valence-electron chi connectivity index (χ2n) is 6.04. The third-order valence-electron chi connectivity index (χ3n) is 4.09. The van der Waals surface area contributed by atoms with E-state index in [1.807, 2.05) is 38.1 Å². The van der Waals surface area contributed by atoms with Crippen LogP contribution in [0.1, 0.15) is 30.0 Å². The van der Waals surface area contributed by atoms with Crippen LogP contribution in [0, 0.1) is 13.8 Å². The lowest BCUT2D eigenvalue weighted by Gasteiger charge is -2.32. The molecule has 2 aromatic rings. The number of hydrogen-bond acceptors (Lipinski definition) is 5. The quantitative estimate of drug-likeness (QED) is 0.939. The largest absolute Gasteiger partial charge is 0.368 e. The van der Waals surface area contributed by atoms with Crippen molar-refractivity contribution in [1.82, 2.24) is 14.9 Å². The molecule has 1 atom stereocenters. The van der Waals surface area contributed by atoms with Crippen LogP contribution in [0.5, 0.6) is 0 Å². The Kier molecular flexibility index (Phi) is 4.76. The second-order valence-corrected chi connectivity index (χ2v) is 6.04. The van der Waals surface area contributed by atoms with E-state index in [1.54, 1.807) is 18.0 Å². The van der Waals surface area contributed by atoms with Gasteiger partial charge in [-0.1, -0.05) is 6.07 Å². The van der Waals surface area contributed by atoms with Crippen molar-refractivity contribution in [2.45, 2.75) is 26.9 Å². The van der Waals surface area contributed by atoms with Gasteiger partial charge in [-0.3, -0.25) is 9.78 Å². The van der Waals surface area contributed by atoms with Gasteiger partial charge in [0.2, 0.25) is 5.91 Å². The van der Waals surface area contributed by atoms with Gasteiger partial charge in [0, 0.05) is 31.0 Å². The zero-order valence-electron chi connectivity index (χ0n) is 14.2. The predicted octanol–water partition coefficient (Wildman–Crippen LogP) is 2.76. The predicted molar refractivity (Wildman–Crippen MR) is 92.2 cm³/mol. The maximum absolute atomic E-state index is 11.6. The van der Waals surface area contributed by atoms with Gasteiger partial charge >= 0.3 is 0 Å². The average molecular weight is 326 g/mol. The minimum Gasteiger partial charge on any atom is -0.368 e. The molecule has 126 valence electrons. The van der Waals surface area contributed by atoms with E-state index in [9.17, 15) is 4.79 Å². The SMILES string of the molecule is CC(=O)N1CCO[C@@H](c2cc(Nc3ncccc3C)cc(C)n2)C1. The van der Waals surface area contributed by atoms with E-state index in [2.05, 4.69) is 15.3 Å². The molecule has 1 amide bonds. The van der Waals surface area contributed by atoms with Gasteiger partial charge in [0.25, 0.3) is 0 Å². The number of aryl methyl sites for hydroxylation is 2. The topological polar surface area (TPSA) is 67.3 Å². The van der Waals surface area contributed by atoms with Crippen LogP contribution in [0.3, 0.4) is 0 Å². The fourth-order valence-electron chi connectivity index (χ4n) is 2.80. The Morgan fingerprint density at radius 2 is 2.21 bits per heavy atom. The molecule has 1 aliphatic rings. The number of rotatable bonds is 3. The van der Waals surface area contributed by atoms with Crippen LogP contribution in [0.15, 0.2) is 30.5 Å². The summed E-state index contributed by atoms with van der Waals surface area (Å²) in [6.07, 6.45) is 1.56. The van der Waals surface area contributed by atoms with Crippen LogP contribution in [0.2, 0.25) is 0 Å². The molecule has 1 N–H and O–H groups in total. The maximum atomic E-state index is 11.6. The summed E-state index contributed by atoms with van der Waals surface area (Å²) in [5.74, 6) is 0.891. The van der Waals surface area contributed by atoms with Crippen LogP contribution in [0.25, 0.3) is 0 Å². The van der Waals surface area contributed by atoms with Crippen LogP contribution in [0.4, 0.5) is 11.5 Å². The Morgan fingerprint density at radius 3 is 2.96 bits per heavy atom. The third-order valence-corrected chi connectivity index (χ3v) is 4.09. The first-order chi connectivity index (χ1) is 11.5. The monoisotopic (exact) mass is 326 g/mol. The molecule has 0 aromatic carbocycles. The number of carbonyl (C=O) groups excluding carboxylic acids is 1. The normalized spacial score (nSPS) is 17.6. The molecule has 0 aliphatic carbocycles. The maximum Gasteiger partial charge on any atom is 0.219 e. The minimum absolute atomic E-state index is 0.0680.